The molecule has 0 N–H and O–H groups in total. The minimum Gasteiger partial charge on any atom is -0.458 e. The fraction of sp³-hybridized carbons (Fsp3) is 0.538. The van der Waals surface area contributed by atoms with Gasteiger partial charge < -0.3 is 9.47 Å². The Labute approximate surface area is 107 Å². The molecule has 5 heteroatoms. The monoisotopic (exact) mass is 251 g/mol. The third kappa shape index (κ3) is 4.50. The topological polar surface area (TPSA) is 55.8 Å². The van der Waals surface area contributed by atoms with E-state index in [1.807, 2.05) is 0 Å². The number of nitrogens with zero attached hydrogens (tertiary/aromatic N) is 1. The van der Waals surface area contributed by atoms with Crippen molar-refractivity contribution in [3.05, 3.63) is 11.6 Å². The fourth-order valence-corrected chi connectivity index (χ4v) is 1.37. The highest BCUT2D eigenvalue weighted by molar-refractivity contribution is 5.85. The number of ether oxygens (including phenoxy) is 2. The zero-order valence-electron chi connectivity index (χ0n) is 10.9. The summed E-state index contributed by atoms with van der Waals surface area (Å²) in [6.07, 6.45) is 6.09. The SMILES string of the molecule is C#CCN(CC1=CC(=O)OC1)C(=O)OC(C)(C)C. The van der Waals surface area contributed by atoms with E-state index in [0.717, 1.165) is 0 Å². The van der Waals surface area contributed by atoms with Crippen molar-refractivity contribution in [1.82, 2.24) is 4.90 Å². The first-order chi connectivity index (χ1) is 8.31. The number of esters is 1. The molecule has 18 heavy (non-hydrogen) atoms. The summed E-state index contributed by atoms with van der Waals surface area (Å²) in [5.41, 5.74) is 0.126. The van der Waals surface area contributed by atoms with Gasteiger partial charge in [0.15, 0.2) is 0 Å². The van der Waals surface area contributed by atoms with Gasteiger partial charge in [0.25, 0.3) is 0 Å². The van der Waals surface area contributed by atoms with Crippen LogP contribution in [-0.4, -0.2) is 42.3 Å². The Hall–Kier alpha value is -1.96. The Balaban J connectivity index is 2.65. The Morgan fingerprint density at radius 3 is 2.72 bits per heavy atom. The molecule has 0 unspecified atom stereocenters. The van der Waals surface area contributed by atoms with Crippen LogP contribution in [0, 0.1) is 12.3 Å². The van der Waals surface area contributed by atoms with Gasteiger partial charge in [0.2, 0.25) is 0 Å². The summed E-state index contributed by atoms with van der Waals surface area (Å²) in [4.78, 5) is 24.2. The van der Waals surface area contributed by atoms with Gasteiger partial charge in [0.05, 0.1) is 6.54 Å². The average Bonchev–Trinajstić information content (AvgIpc) is 2.61. The van der Waals surface area contributed by atoms with Gasteiger partial charge in [-0.25, -0.2) is 9.59 Å². The minimum absolute atomic E-state index is 0.125. The maximum absolute atomic E-state index is 11.9. The molecule has 0 aromatic carbocycles. The van der Waals surface area contributed by atoms with E-state index in [-0.39, 0.29) is 19.7 Å². The largest absolute Gasteiger partial charge is 0.458 e. The number of hydrogen-bond donors (Lipinski definition) is 0. The standard InChI is InChI=1S/C13H17NO4/c1-5-6-14(12(16)18-13(2,3)4)8-10-7-11(15)17-9-10/h1,7H,6,8-9H2,2-4H3. The van der Waals surface area contributed by atoms with Gasteiger partial charge in [0, 0.05) is 12.6 Å². The predicted octanol–water partition coefficient (Wildman–Crippen LogP) is 1.34. The van der Waals surface area contributed by atoms with Gasteiger partial charge >= 0.3 is 12.1 Å². The first-order valence-corrected chi connectivity index (χ1v) is 5.59. The lowest BCUT2D eigenvalue weighted by molar-refractivity contribution is -0.134. The molecular formula is C13H17NO4. The Bertz CT molecular complexity index is 412. The van der Waals surface area contributed by atoms with Crippen molar-refractivity contribution in [3.63, 3.8) is 0 Å². The van der Waals surface area contributed by atoms with Crippen LogP contribution in [-0.2, 0) is 14.3 Å². The molecule has 0 atom stereocenters. The van der Waals surface area contributed by atoms with E-state index >= 15 is 0 Å². The lowest BCUT2D eigenvalue weighted by atomic mass is 10.2. The van der Waals surface area contributed by atoms with Crippen LogP contribution in [0.3, 0.4) is 0 Å². The molecule has 0 radical (unpaired) electrons. The predicted molar refractivity (Wildman–Crippen MR) is 65.7 cm³/mol. The molecule has 98 valence electrons. The van der Waals surface area contributed by atoms with Gasteiger partial charge in [-0.1, -0.05) is 5.92 Å². The number of amides is 1. The molecule has 0 aliphatic carbocycles. The van der Waals surface area contributed by atoms with Crippen molar-refractivity contribution >= 4 is 12.1 Å². The quantitative estimate of drug-likeness (QED) is 0.561. The first-order valence-electron chi connectivity index (χ1n) is 5.59. The summed E-state index contributed by atoms with van der Waals surface area (Å²) in [6.45, 7) is 5.90. The maximum Gasteiger partial charge on any atom is 0.411 e. The molecule has 1 aliphatic heterocycles. The summed E-state index contributed by atoms with van der Waals surface area (Å²) in [7, 11) is 0. The van der Waals surface area contributed by atoms with Crippen molar-refractivity contribution < 1.29 is 19.1 Å². The molecule has 0 aromatic rings. The van der Waals surface area contributed by atoms with Crippen LogP contribution < -0.4 is 0 Å². The van der Waals surface area contributed by atoms with E-state index < -0.39 is 17.7 Å². The second-order valence-corrected chi connectivity index (χ2v) is 4.95. The van der Waals surface area contributed by atoms with Crippen LogP contribution >= 0.6 is 0 Å². The van der Waals surface area contributed by atoms with Gasteiger partial charge in [-0.2, -0.15) is 0 Å². The summed E-state index contributed by atoms with van der Waals surface area (Å²) < 4.78 is 9.99. The van der Waals surface area contributed by atoms with Gasteiger partial charge in [-0.05, 0) is 26.3 Å². The van der Waals surface area contributed by atoms with Crippen molar-refractivity contribution in [2.75, 3.05) is 19.7 Å². The van der Waals surface area contributed by atoms with E-state index in [1.165, 1.54) is 11.0 Å². The average molecular weight is 251 g/mol. The highest BCUT2D eigenvalue weighted by atomic mass is 16.6. The van der Waals surface area contributed by atoms with Crippen molar-refractivity contribution in [2.24, 2.45) is 0 Å². The van der Waals surface area contributed by atoms with Crippen molar-refractivity contribution in [3.8, 4) is 12.3 Å². The highest BCUT2D eigenvalue weighted by Gasteiger charge is 2.24. The molecule has 1 aliphatic rings. The lowest BCUT2D eigenvalue weighted by Gasteiger charge is -2.26. The van der Waals surface area contributed by atoms with E-state index in [1.54, 1.807) is 20.8 Å². The Kier molecular flexibility index (Phi) is 4.38. The third-order valence-corrected chi connectivity index (χ3v) is 2.05. The van der Waals surface area contributed by atoms with Crippen LogP contribution in [0.25, 0.3) is 0 Å². The number of rotatable bonds is 3. The normalized spacial score (nSPS) is 14.6. The Morgan fingerprint density at radius 2 is 2.28 bits per heavy atom. The lowest BCUT2D eigenvalue weighted by Crippen LogP contribution is -2.38. The third-order valence-electron chi connectivity index (χ3n) is 2.05. The molecule has 1 amide bonds. The molecule has 0 saturated carbocycles. The zero-order valence-corrected chi connectivity index (χ0v) is 10.9. The molecule has 0 fully saturated rings. The number of cyclic esters (lactones) is 1. The summed E-state index contributed by atoms with van der Waals surface area (Å²) >= 11 is 0. The molecule has 0 bridgehead atoms. The molecular weight excluding hydrogens is 234 g/mol. The number of terminal acetylenes is 1. The molecule has 5 nitrogen and oxygen atoms in total. The molecule has 0 saturated heterocycles. The summed E-state index contributed by atoms with van der Waals surface area (Å²) in [5, 5.41) is 0. The van der Waals surface area contributed by atoms with Crippen molar-refractivity contribution in [1.29, 1.82) is 0 Å². The van der Waals surface area contributed by atoms with E-state index in [2.05, 4.69) is 5.92 Å². The molecule has 0 spiro atoms. The van der Waals surface area contributed by atoms with Crippen molar-refractivity contribution in [2.45, 2.75) is 26.4 Å². The van der Waals surface area contributed by atoms with Crippen LogP contribution in [0.2, 0.25) is 0 Å². The summed E-state index contributed by atoms with van der Waals surface area (Å²) in [6, 6.07) is 0. The fourth-order valence-electron chi connectivity index (χ4n) is 1.37. The smallest absolute Gasteiger partial charge is 0.411 e. The second-order valence-electron chi connectivity index (χ2n) is 4.95. The minimum atomic E-state index is -0.583. The number of hydrogen-bond acceptors (Lipinski definition) is 4. The van der Waals surface area contributed by atoms with E-state index in [0.29, 0.717) is 5.57 Å². The number of carbonyl (C=O) groups is 2. The van der Waals surface area contributed by atoms with Gasteiger partial charge in [-0.15, -0.1) is 6.42 Å². The summed E-state index contributed by atoms with van der Waals surface area (Å²) in [5.74, 6) is 2.00. The van der Waals surface area contributed by atoms with Crippen LogP contribution in [0.4, 0.5) is 4.79 Å². The van der Waals surface area contributed by atoms with Crippen LogP contribution in [0.15, 0.2) is 11.6 Å². The van der Waals surface area contributed by atoms with Crippen LogP contribution in [0.5, 0.6) is 0 Å². The highest BCUT2D eigenvalue weighted by Crippen LogP contribution is 2.13. The van der Waals surface area contributed by atoms with E-state index in [4.69, 9.17) is 15.9 Å². The first kappa shape index (κ1) is 14.1. The second kappa shape index (κ2) is 5.58. The number of carbonyl (C=O) groups excluding carboxylic acids is 2. The van der Waals surface area contributed by atoms with Gasteiger partial charge in [-0.3, -0.25) is 4.90 Å². The van der Waals surface area contributed by atoms with E-state index in [9.17, 15) is 9.59 Å². The molecule has 1 rings (SSSR count). The molecule has 0 aromatic heterocycles. The Morgan fingerprint density at radius 1 is 1.61 bits per heavy atom. The zero-order chi connectivity index (χ0) is 13.8. The van der Waals surface area contributed by atoms with Gasteiger partial charge in [0.1, 0.15) is 12.2 Å². The molecule has 1 heterocycles. The van der Waals surface area contributed by atoms with Crippen LogP contribution in [0.1, 0.15) is 20.8 Å². The maximum atomic E-state index is 11.9.